The Balaban J connectivity index is 1.89. The zero-order valence-electron chi connectivity index (χ0n) is 14.0. The van der Waals surface area contributed by atoms with E-state index in [1.807, 2.05) is 6.92 Å². The first-order valence-electron chi connectivity index (χ1n) is 7.86. The minimum atomic E-state index is -0.501. The zero-order valence-corrected chi connectivity index (χ0v) is 14.0. The standard InChI is InChI=1S/C15H26N4O5/c1-12(8-13-9-17-11-19-13)15(21)18-2-3-22-4-5-23-6-7-24-10-14(16)20/h9,11-12H,2-8,10H2,1H3,(H2,16,20)(H,17,19)(H,18,21)/t12-/m0/s1. The van der Waals surface area contributed by atoms with E-state index in [0.29, 0.717) is 46.0 Å². The molecule has 136 valence electrons. The van der Waals surface area contributed by atoms with Gasteiger partial charge >= 0.3 is 0 Å². The van der Waals surface area contributed by atoms with E-state index >= 15 is 0 Å². The molecule has 2 amide bonds. The molecule has 1 atom stereocenters. The molecule has 0 radical (unpaired) electrons. The maximum Gasteiger partial charge on any atom is 0.243 e. The van der Waals surface area contributed by atoms with Crippen LogP contribution < -0.4 is 11.1 Å². The van der Waals surface area contributed by atoms with Crippen LogP contribution in [-0.4, -0.2) is 68.0 Å². The summed E-state index contributed by atoms with van der Waals surface area (Å²) in [4.78, 5) is 29.2. The SMILES string of the molecule is C[C@@H](Cc1cnc[nH]1)C(=O)NCCOCCOCCOCC(N)=O. The molecule has 0 spiro atoms. The van der Waals surface area contributed by atoms with E-state index in [-0.39, 0.29) is 18.4 Å². The summed E-state index contributed by atoms with van der Waals surface area (Å²) in [5.74, 6) is -0.649. The van der Waals surface area contributed by atoms with E-state index in [2.05, 4.69) is 15.3 Å². The molecule has 9 heteroatoms. The quantitative estimate of drug-likeness (QED) is 0.381. The Morgan fingerprint density at radius 1 is 1.21 bits per heavy atom. The topological polar surface area (TPSA) is 129 Å². The van der Waals surface area contributed by atoms with Crippen molar-refractivity contribution in [2.24, 2.45) is 11.7 Å². The summed E-state index contributed by atoms with van der Waals surface area (Å²) in [6.45, 7) is 4.17. The highest BCUT2D eigenvalue weighted by atomic mass is 16.5. The van der Waals surface area contributed by atoms with Gasteiger partial charge in [0.25, 0.3) is 0 Å². The molecule has 0 saturated carbocycles. The average Bonchev–Trinajstić information content (AvgIpc) is 3.05. The Morgan fingerprint density at radius 2 is 1.88 bits per heavy atom. The van der Waals surface area contributed by atoms with Gasteiger partial charge in [0, 0.05) is 30.8 Å². The summed E-state index contributed by atoms with van der Waals surface area (Å²) in [5.41, 5.74) is 5.85. The van der Waals surface area contributed by atoms with Gasteiger partial charge in [-0.3, -0.25) is 9.59 Å². The Morgan fingerprint density at radius 3 is 2.50 bits per heavy atom. The summed E-state index contributed by atoms with van der Waals surface area (Å²) in [6, 6.07) is 0. The summed E-state index contributed by atoms with van der Waals surface area (Å²) in [7, 11) is 0. The highest BCUT2D eigenvalue weighted by molar-refractivity contribution is 5.78. The second-order valence-corrected chi connectivity index (χ2v) is 5.22. The van der Waals surface area contributed by atoms with Gasteiger partial charge in [0.2, 0.25) is 11.8 Å². The number of hydrogen-bond acceptors (Lipinski definition) is 6. The van der Waals surface area contributed by atoms with Crippen molar-refractivity contribution >= 4 is 11.8 Å². The van der Waals surface area contributed by atoms with Crippen molar-refractivity contribution < 1.29 is 23.8 Å². The molecule has 0 bridgehead atoms. The van der Waals surface area contributed by atoms with Crippen molar-refractivity contribution in [2.45, 2.75) is 13.3 Å². The molecule has 1 rings (SSSR count). The zero-order chi connectivity index (χ0) is 17.6. The lowest BCUT2D eigenvalue weighted by molar-refractivity contribution is -0.124. The van der Waals surface area contributed by atoms with Gasteiger partial charge in [0.05, 0.1) is 39.4 Å². The van der Waals surface area contributed by atoms with Gasteiger partial charge in [-0.1, -0.05) is 6.92 Å². The Bertz CT molecular complexity index is 466. The smallest absolute Gasteiger partial charge is 0.243 e. The summed E-state index contributed by atoms with van der Waals surface area (Å²) in [6.07, 6.45) is 3.93. The van der Waals surface area contributed by atoms with E-state index < -0.39 is 5.91 Å². The largest absolute Gasteiger partial charge is 0.377 e. The maximum atomic E-state index is 11.9. The van der Waals surface area contributed by atoms with Crippen LogP contribution >= 0.6 is 0 Å². The number of nitrogens with one attached hydrogen (secondary N) is 2. The van der Waals surface area contributed by atoms with Crippen LogP contribution in [0.25, 0.3) is 0 Å². The van der Waals surface area contributed by atoms with Gasteiger partial charge in [-0.05, 0) is 0 Å². The first kappa shape index (κ1) is 20.1. The molecular formula is C15H26N4O5. The molecule has 1 heterocycles. The van der Waals surface area contributed by atoms with Crippen LogP contribution in [0.4, 0.5) is 0 Å². The van der Waals surface area contributed by atoms with Crippen LogP contribution in [0.2, 0.25) is 0 Å². The third-order valence-corrected chi connectivity index (χ3v) is 3.06. The van der Waals surface area contributed by atoms with E-state index in [9.17, 15) is 9.59 Å². The van der Waals surface area contributed by atoms with Crippen LogP contribution in [0.3, 0.4) is 0 Å². The fourth-order valence-electron chi connectivity index (χ4n) is 1.85. The monoisotopic (exact) mass is 342 g/mol. The fraction of sp³-hybridized carbons (Fsp3) is 0.667. The molecule has 1 aromatic heterocycles. The third kappa shape index (κ3) is 9.93. The van der Waals surface area contributed by atoms with Crippen LogP contribution in [0.5, 0.6) is 0 Å². The highest BCUT2D eigenvalue weighted by Gasteiger charge is 2.13. The van der Waals surface area contributed by atoms with Crippen molar-refractivity contribution in [2.75, 3.05) is 46.2 Å². The van der Waals surface area contributed by atoms with Crippen LogP contribution in [-0.2, 0) is 30.2 Å². The Hall–Kier alpha value is -1.97. The van der Waals surface area contributed by atoms with E-state index in [1.54, 1.807) is 12.5 Å². The highest BCUT2D eigenvalue weighted by Crippen LogP contribution is 2.04. The number of aromatic amines is 1. The summed E-state index contributed by atoms with van der Waals surface area (Å²) < 4.78 is 15.5. The van der Waals surface area contributed by atoms with Crippen molar-refractivity contribution in [1.29, 1.82) is 0 Å². The van der Waals surface area contributed by atoms with Crippen molar-refractivity contribution in [1.82, 2.24) is 15.3 Å². The molecular weight excluding hydrogens is 316 g/mol. The number of amides is 2. The third-order valence-electron chi connectivity index (χ3n) is 3.06. The predicted molar refractivity (Wildman–Crippen MR) is 86.1 cm³/mol. The van der Waals surface area contributed by atoms with Gasteiger partial charge in [-0.2, -0.15) is 0 Å². The molecule has 0 aromatic carbocycles. The number of H-pyrrole nitrogens is 1. The molecule has 0 saturated heterocycles. The number of nitrogens with two attached hydrogens (primary N) is 1. The first-order chi connectivity index (χ1) is 11.6. The van der Waals surface area contributed by atoms with Gasteiger partial charge in [0.1, 0.15) is 6.61 Å². The number of primary amides is 1. The Labute approximate surface area is 141 Å². The first-order valence-corrected chi connectivity index (χ1v) is 7.86. The average molecular weight is 342 g/mol. The van der Waals surface area contributed by atoms with E-state index in [4.69, 9.17) is 19.9 Å². The minimum Gasteiger partial charge on any atom is -0.377 e. The number of aromatic nitrogens is 2. The van der Waals surface area contributed by atoms with E-state index in [1.165, 1.54) is 0 Å². The number of imidazole rings is 1. The summed E-state index contributed by atoms with van der Waals surface area (Å²) in [5, 5.41) is 2.82. The molecule has 0 aliphatic heterocycles. The predicted octanol–water partition coefficient (Wildman–Crippen LogP) is -0.760. The molecule has 1 aromatic rings. The molecule has 0 fully saturated rings. The number of rotatable bonds is 14. The minimum absolute atomic E-state index is 0.0175. The van der Waals surface area contributed by atoms with Gasteiger partial charge in [0.15, 0.2) is 0 Å². The molecule has 24 heavy (non-hydrogen) atoms. The molecule has 0 unspecified atom stereocenters. The van der Waals surface area contributed by atoms with Gasteiger partial charge in [-0.25, -0.2) is 4.98 Å². The molecule has 0 aliphatic rings. The fourth-order valence-corrected chi connectivity index (χ4v) is 1.85. The number of carbonyl (C=O) groups excluding carboxylic acids is 2. The second-order valence-electron chi connectivity index (χ2n) is 5.22. The van der Waals surface area contributed by atoms with Crippen LogP contribution in [0, 0.1) is 5.92 Å². The van der Waals surface area contributed by atoms with Crippen LogP contribution in [0.1, 0.15) is 12.6 Å². The lowest BCUT2D eigenvalue weighted by Crippen LogP contribution is -2.33. The van der Waals surface area contributed by atoms with E-state index in [0.717, 1.165) is 5.69 Å². The van der Waals surface area contributed by atoms with Crippen molar-refractivity contribution in [3.63, 3.8) is 0 Å². The number of ether oxygens (including phenoxy) is 3. The molecule has 4 N–H and O–H groups in total. The molecule has 9 nitrogen and oxygen atoms in total. The Kier molecular flexibility index (Phi) is 10.4. The van der Waals surface area contributed by atoms with Crippen molar-refractivity contribution in [3.8, 4) is 0 Å². The van der Waals surface area contributed by atoms with Gasteiger partial charge in [-0.15, -0.1) is 0 Å². The second kappa shape index (κ2) is 12.5. The number of hydrogen-bond donors (Lipinski definition) is 3. The van der Waals surface area contributed by atoms with Crippen LogP contribution in [0.15, 0.2) is 12.5 Å². The lowest BCUT2D eigenvalue weighted by Gasteiger charge is -2.11. The number of carbonyl (C=O) groups is 2. The maximum absolute atomic E-state index is 11.9. The summed E-state index contributed by atoms with van der Waals surface area (Å²) >= 11 is 0. The number of nitrogens with zero attached hydrogens (tertiary/aromatic N) is 1. The normalized spacial score (nSPS) is 12.0. The van der Waals surface area contributed by atoms with Gasteiger partial charge < -0.3 is 30.2 Å². The van der Waals surface area contributed by atoms with Crippen molar-refractivity contribution in [3.05, 3.63) is 18.2 Å². The lowest BCUT2D eigenvalue weighted by atomic mass is 10.1. The molecule has 0 aliphatic carbocycles.